The molecular weight excluding hydrogens is 198 g/mol. The Labute approximate surface area is 67.1 Å². The minimum Gasteiger partial charge on any atom is -0.480 e. The molecular formula is C5H8BrN3O. The number of hydrogen-bond acceptors (Lipinski definition) is 3. The molecule has 10 heavy (non-hydrogen) atoms. The van der Waals surface area contributed by atoms with Crippen molar-refractivity contribution in [3.63, 3.8) is 0 Å². The molecule has 0 fully saturated rings. The van der Waals surface area contributed by atoms with Crippen LogP contribution in [0, 0.1) is 0 Å². The first-order valence-electron chi connectivity index (χ1n) is 2.68. The Morgan fingerprint density at radius 2 is 2.30 bits per heavy atom. The van der Waals surface area contributed by atoms with Gasteiger partial charge >= 0.3 is 0 Å². The van der Waals surface area contributed by atoms with Crippen LogP contribution in [0.2, 0.25) is 0 Å². The molecule has 0 saturated carbocycles. The van der Waals surface area contributed by atoms with Crippen molar-refractivity contribution in [2.45, 2.75) is 0 Å². The van der Waals surface area contributed by atoms with Crippen molar-refractivity contribution < 1.29 is 4.74 Å². The number of nitrogens with zero attached hydrogens (tertiary/aromatic N) is 2. The van der Waals surface area contributed by atoms with Crippen molar-refractivity contribution >= 4 is 21.7 Å². The zero-order chi connectivity index (χ0) is 7.72. The quantitative estimate of drug-likeness (QED) is 0.738. The Bertz CT molecular complexity index is 245. The first kappa shape index (κ1) is 7.40. The standard InChI is InChI=1S/C5H8BrN3O/c1-9-5(10-2)3(6)4(7)8-9/h1-2H3,(H2,7,8). The Morgan fingerprint density at radius 1 is 1.70 bits per heavy atom. The summed E-state index contributed by atoms with van der Waals surface area (Å²) >= 11 is 3.23. The van der Waals surface area contributed by atoms with Crippen LogP contribution in [-0.2, 0) is 7.05 Å². The number of anilines is 1. The van der Waals surface area contributed by atoms with E-state index in [9.17, 15) is 0 Å². The molecule has 0 saturated heterocycles. The van der Waals surface area contributed by atoms with Crippen LogP contribution in [0.25, 0.3) is 0 Å². The van der Waals surface area contributed by atoms with Gasteiger partial charge in [-0.3, -0.25) is 0 Å². The van der Waals surface area contributed by atoms with E-state index in [4.69, 9.17) is 10.5 Å². The second kappa shape index (κ2) is 2.49. The van der Waals surface area contributed by atoms with Gasteiger partial charge in [0.05, 0.1) is 7.11 Å². The number of aromatic nitrogens is 2. The summed E-state index contributed by atoms with van der Waals surface area (Å²) in [7, 11) is 3.33. The number of methoxy groups -OCH3 is 1. The van der Waals surface area contributed by atoms with Crippen molar-refractivity contribution in [2.75, 3.05) is 12.8 Å². The molecule has 4 nitrogen and oxygen atoms in total. The first-order chi connectivity index (χ1) is 4.66. The van der Waals surface area contributed by atoms with Crippen LogP contribution in [-0.4, -0.2) is 16.9 Å². The van der Waals surface area contributed by atoms with E-state index in [1.807, 2.05) is 0 Å². The average Bonchev–Trinajstić information content (AvgIpc) is 2.09. The van der Waals surface area contributed by atoms with E-state index in [2.05, 4.69) is 21.0 Å². The molecule has 0 bridgehead atoms. The minimum absolute atomic E-state index is 0.444. The Kier molecular flexibility index (Phi) is 1.85. The second-order valence-electron chi connectivity index (χ2n) is 1.83. The lowest BCUT2D eigenvalue weighted by atomic mass is 10.6. The predicted molar refractivity (Wildman–Crippen MR) is 41.9 cm³/mol. The molecule has 5 heteroatoms. The van der Waals surface area contributed by atoms with Crippen molar-refractivity contribution in [1.82, 2.24) is 9.78 Å². The van der Waals surface area contributed by atoms with Gasteiger partial charge in [-0.25, -0.2) is 4.68 Å². The van der Waals surface area contributed by atoms with Crippen LogP contribution in [0.3, 0.4) is 0 Å². The molecule has 0 unspecified atom stereocenters. The van der Waals surface area contributed by atoms with Gasteiger partial charge < -0.3 is 10.5 Å². The van der Waals surface area contributed by atoms with Crippen LogP contribution in [0.15, 0.2) is 4.47 Å². The van der Waals surface area contributed by atoms with Gasteiger partial charge in [0.25, 0.3) is 0 Å². The van der Waals surface area contributed by atoms with E-state index in [0.29, 0.717) is 16.2 Å². The smallest absolute Gasteiger partial charge is 0.228 e. The molecule has 56 valence electrons. The Hall–Kier alpha value is -0.710. The summed E-state index contributed by atoms with van der Waals surface area (Å²) in [6.45, 7) is 0. The van der Waals surface area contributed by atoms with Crippen LogP contribution >= 0.6 is 15.9 Å². The summed E-state index contributed by atoms with van der Waals surface area (Å²) in [6, 6.07) is 0. The average molecular weight is 206 g/mol. The number of hydrogen-bond donors (Lipinski definition) is 1. The number of rotatable bonds is 1. The third kappa shape index (κ3) is 0.965. The topological polar surface area (TPSA) is 53.1 Å². The van der Waals surface area contributed by atoms with Gasteiger partial charge in [-0.2, -0.15) is 5.10 Å². The molecule has 1 heterocycles. The summed E-state index contributed by atoms with van der Waals surface area (Å²) in [5.41, 5.74) is 5.46. The van der Waals surface area contributed by atoms with E-state index in [-0.39, 0.29) is 0 Å². The summed E-state index contributed by atoms with van der Waals surface area (Å²) in [5, 5.41) is 3.90. The number of aryl methyl sites for hydroxylation is 1. The van der Waals surface area contributed by atoms with E-state index in [0.717, 1.165) is 0 Å². The van der Waals surface area contributed by atoms with Gasteiger partial charge in [0.15, 0.2) is 5.82 Å². The van der Waals surface area contributed by atoms with Gasteiger partial charge in [-0.15, -0.1) is 0 Å². The highest BCUT2D eigenvalue weighted by atomic mass is 79.9. The van der Waals surface area contributed by atoms with Crippen LogP contribution in [0.1, 0.15) is 0 Å². The van der Waals surface area contributed by atoms with Crippen molar-refractivity contribution in [3.05, 3.63) is 4.47 Å². The largest absolute Gasteiger partial charge is 0.480 e. The summed E-state index contributed by atoms with van der Waals surface area (Å²) in [6.07, 6.45) is 0. The number of ether oxygens (including phenoxy) is 1. The SMILES string of the molecule is COc1c(Br)c(N)nn1C. The zero-order valence-electron chi connectivity index (χ0n) is 5.76. The molecule has 0 radical (unpaired) electrons. The van der Waals surface area contributed by atoms with E-state index >= 15 is 0 Å². The molecule has 0 aliphatic rings. The lowest BCUT2D eigenvalue weighted by Crippen LogP contribution is -1.95. The first-order valence-corrected chi connectivity index (χ1v) is 3.48. The Morgan fingerprint density at radius 3 is 2.50 bits per heavy atom. The summed E-state index contributed by atoms with van der Waals surface area (Å²) in [4.78, 5) is 0. The normalized spacial score (nSPS) is 9.90. The molecule has 0 aliphatic heterocycles. The van der Waals surface area contributed by atoms with Crippen molar-refractivity contribution in [1.29, 1.82) is 0 Å². The molecule has 1 aromatic rings. The molecule has 2 N–H and O–H groups in total. The molecule has 0 spiro atoms. The molecule has 0 atom stereocenters. The second-order valence-corrected chi connectivity index (χ2v) is 2.63. The highest BCUT2D eigenvalue weighted by molar-refractivity contribution is 9.10. The molecule has 0 aliphatic carbocycles. The van der Waals surface area contributed by atoms with Crippen molar-refractivity contribution in [2.24, 2.45) is 7.05 Å². The van der Waals surface area contributed by atoms with E-state index in [1.54, 1.807) is 18.8 Å². The highest BCUT2D eigenvalue weighted by Crippen LogP contribution is 2.28. The zero-order valence-corrected chi connectivity index (χ0v) is 7.34. The maximum absolute atomic E-state index is 5.46. The molecule has 1 aromatic heterocycles. The maximum Gasteiger partial charge on any atom is 0.228 e. The lowest BCUT2D eigenvalue weighted by Gasteiger charge is -1.97. The molecule has 0 amide bonds. The van der Waals surface area contributed by atoms with E-state index < -0.39 is 0 Å². The third-order valence-corrected chi connectivity index (χ3v) is 1.90. The molecule has 0 aromatic carbocycles. The lowest BCUT2D eigenvalue weighted by molar-refractivity contribution is 0.371. The van der Waals surface area contributed by atoms with Gasteiger partial charge in [-0.05, 0) is 15.9 Å². The monoisotopic (exact) mass is 205 g/mol. The van der Waals surface area contributed by atoms with E-state index in [1.165, 1.54) is 0 Å². The maximum atomic E-state index is 5.46. The van der Waals surface area contributed by atoms with Crippen LogP contribution < -0.4 is 10.5 Å². The fraction of sp³-hybridized carbons (Fsp3) is 0.400. The van der Waals surface area contributed by atoms with Crippen LogP contribution in [0.4, 0.5) is 5.82 Å². The van der Waals surface area contributed by atoms with Crippen LogP contribution in [0.5, 0.6) is 5.88 Å². The summed E-state index contributed by atoms with van der Waals surface area (Å²) < 4.78 is 7.25. The highest BCUT2D eigenvalue weighted by Gasteiger charge is 2.10. The summed E-state index contributed by atoms with van der Waals surface area (Å²) in [5.74, 6) is 1.08. The fourth-order valence-electron chi connectivity index (χ4n) is 0.724. The van der Waals surface area contributed by atoms with Gasteiger partial charge in [-0.1, -0.05) is 0 Å². The Balaban J connectivity index is 3.20. The molecule has 1 rings (SSSR count). The predicted octanol–water partition coefficient (Wildman–Crippen LogP) is 0.773. The van der Waals surface area contributed by atoms with Gasteiger partial charge in [0.1, 0.15) is 4.47 Å². The van der Waals surface area contributed by atoms with Gasteiger partial charge in [0, 0.05) is 7.05 Å². The number of nitrogens with two attached hydrogens (primary N) is 1. The number of halogens is 1. The van der Waals surface area contributed by atoms with Crippen molar-refractivity contribution in [3.8, 4) is 5.88 Å². The fourth-order valence-corrected chi connectivity index (χ4v) is 1.22. The third-order valence-electron chi connectivity index (χ3n) is 1.16. The van der Waals surface area contributed by atoms with Gasteiger partial charge in [0.2, 0.25) is 5.88 Å². The minimum atomic E-state index is 0.444. The number of nitrogen functional groups attached to an aromatic ring is 1.